The molecule has 1 aliphatic rings. The molecule has 0 radical (unpaired) electrons. The molecule has 26 heavy (non-hydrogen) atoms. The fraction of sp³-hybridized carbons (Fsp3) is 0.526. The molecular formula is C19H27N3O3S. The molecule has 7 heteroatoms. The molecule has 1 aromatic heterocycles. The first-order valence-electron chi connectivity index (χ1n) is 9.30. The zero-order valence-corrected chi connectivity index (χ0v) is 16.0. The van der Waals surface area contributed by atoms with Crippen LogP contribution in [0.25, 0.3) is 11.3 Å². The van der Waals surface area contributed by atoms with Crippen molar-refractivity contribution in [1.29, 1.82) is 0 Å². The lowest BCUT2D eigenvalue weighted by Gasteiger charge is -2.16. The van der Waals surface area contributed by atoms with E-state index in [0.29, 0.717) is 30.7 Å². The maximum Gasteiger partial charge on any atom is 0.240 e. The molecular weight excluding hydrogens is 350 g/mol. The van der Waals surface area contributed by atoms with E-state index < -0.39 is 10.0 Å². The summed E-state index contributed by atoms with van der Waals surface area (Å²) >= 11 is 0. The second-order valence-corrected chi connectivity index (χ2v) is 8.58. The molecule has 0 spiro atoms. The van der Waals surface area contributed by atoms with Gasteiger partial charge in [-0.05, 0) is 25.0 Å². The van der Waals surface area contributed by atoms with Crippen molar-refractivity contribution in [2.45, 2.75) is 56.4 Å². The van der Waals surface area contributed by atoms with Crippen LogP contribution in [-0.2, 0) is 10.0 Å². The van der Waals surface area contributed by atoms with Crippen molar-refractivity contribution in [3.8, 4) is 11.3 Å². The molecule has 0 bridgehead atoms. The lowest BCUT2D eigenvalue weighted by molar-refractivity contribution is 0.461. The van der Waals surface area contributed by atoms with Gasteiger partial charge in [0.25, 0.3) is 0 Å². The van der Waals surface area contributed by atoms with Crippen molar-refractivity contribution in [1.82, 2.24) is 15.0 Å². The Morgan fingerprint density at radius 2 is 1.77 bits per heavy atom. The van der Waals surface area contributed by atoms with Crippen LogP contribution < -0.4 is 10.0 Å². The van der Waals surface area contributed by atoms with Gasteiger partial charge in [0.2, 0.25) is 10.0 Å². The summed E-state index contributed by atoms with van der Waals surface area (Å²) in [5, 5.41) is 3.47. The molecule has 0 aliphatic heterocycles. The van der Waals surface area contributed by atoms with E-state index in [2.05, 4.69) is 15.0 Å². The van der Waals surface area contributed by atoms with Gasteiger partial charge in [-0.25, -0.2) is 18.1 Å². The zero-order chi connectivity index (χ0) is 18.4. The number of aromatic nitrogens is 1. The SMILES string of the molecule is Cc1nc(-c2ccc(S(=O)(=O)NCCNC3CCCCCC3)cc2)co1. The molecule has 6 nitrogen and oxygen atoms in total. The van der Waals surface area contributed by atoms with Gasteiger partial charge in [0.05, 0.1) is 4.90 Å². The van der Waals surface area contributed by atoms with E-state index in [-0.39, 0.29) is 4.90 Å². The summed E-state index contributed by atoms with van der Waals surface area (Å²) in [6.45, 7) is 2.82. The Morgan fingerprint density at radius 1 is 1.08 bits per heavy atom. The highest BCUT2D eigenvalue weighted by Gasteiger charge is 2.15. The number of nitrogens with zero attached hydrogens (tertiary/aromatic N) is 1. The number of sulfonamides is 1. The van der Waals surface area contributed by atoms with Gasteiger partial charge >= 0.3 is 0 Å². The predicted molar refractivity (Wildman–Crippen MR) is 101 cm³/mol. The number of oxazole rings is 1. The van der Waals surface area contributed by atoms with E-state index in [1.165, 1.54) is 38.5 Å². The van der Waals surface area contributed by atoms with Gasteiger partial charge in [0.1, 0.15) is 12.0 Å². The van der Waals surface area contributed by atoms with Crippen LogP contribution >= 0.6 is 0 Å². The number of nitrogens with one attached hydrogen (secondary N) is 2. The van der Waals surface area contributed by atoms with Crippen LogP contribution in [0.1, 0.15) is 44.4 Å². The van der Waals surface area contributed by atoms with E-state index in [1.807, 2.05) is 0 Å². The molecule has 0 saturated heterocycles. The summed E-state index contributed by atoms with van der Waals surface area (Å²) in [4.78, 5) is 4.50. The summed E-state index contributed by atoms with van der Waals surface area (Å²) in [5.74, 6) is 0.583. The molecule has 1 fully saturated rings. The summed E-state index contributed by atoms with van der Waals surface area (Å²) < 4.78 is 32.7. The molecule has 2 aromatic rings. The van der Waals surface area contributed by atoms with Gasteiger partial charge in [0.15, 0.2) is 5.89 Å². The Kier molecular flexibility index (Phi) is 6.45. The third-order valence-electron chi connectivity index (χ3n) is 4.78. The summed E-state index contributed by atoms with van der Waals surface area (Å²) in [5.41, 5.74) is 1.53. The maximum atomic E-state index is 12.4. The van der Waals surface area contributed by atoms with Crippen molar-refractivity contribution >= 4 is 10.0 Å². The lowest BCUT2D eigenvalue weighted by Crippen LogP contribution is -2.36. The van der Waals surface area contributed by atoms with Crippen LogP contribution in [0.5, 0.6) is 0 Å². The van der Waals surface area contributed by atoms with Crippen LogP contribution in [-0.4, -0.2) is 32.5 Å². The molecule has 1 saturated carbocycles. The highest BCUT2D eigenvalue weighted by atomic mass is 32.2. The highest BCUT2D eigenvalue weighted by molar-refractivity contribution is 7.89. The van der Waals surface area contributed by atoms with E-state index >= 15 is 0 Å². The average molecular weight is 378 g/mol. The first-order chi connectivity index (χ1) is 12.5. The molecule has 0 unspecified atom stereocenters. The molecule has 2 N–H and O–H groups in total. The summed E-state index contributed by atoms with van der Waals surface area (Å²) in [6, 6.07) is 7.21. The first-order valence-corrected chi connectivity index (χ1v) is 10.8. The Labute approximate surface area is 155 Å². The number of aryl methyl sites for hydroxylation is 1. The second kappa shape index (κ2) is 8.79. The monoisotopic (exact) mass is 377 g/mol. The smallest absolute Gasteiger partial charge is 0.240 e. The molecule has 1 aliphatic carbocycles. The molecule has 1 aromatic carbocycles. The van der Waals surface area contributed by atoms with Crippen molar-refractivity contribution in [2.24, 2.45) is 0 Å². The lowest BCUT2D eigenvalue weighted by atomic mass is 10.1. The van der Waals surface area contributed by atoms with Gasteiger partial charge in [-0.1, -0.05) is 37.8 Å². The Hall–Kier alpha value is -1.70. The molecule has 0 atom stereocenters. The van der Waals surface area contributed by atoms with Crippen LogP contribution in [0.15, 0.2) is 39.8 Å². The molecule has 1 heterocycles. The van der Waals surface area contributed by atoms with E-state index in [0.717, 1.165) is 5.56 Å². The minimum Gasteiger partial charge on any atom is -0.449 e. The molecule has 3 rings (SSSR count). The zero-order valence-electron chi connectivity index (χ0n) is 15.2. The third kappa shape index (κ3) is 5.16. The largest absolute Gasteiger partial charge is 0.449 e. The van der Waals surface area contributed by atoms with E-state index in [9.17, 15) is 8.42 Å². The number of rotatable bonds is 7. The van der Waals surface area contributed by atoms with E-state index in [1.54, 1.807) is 37.5 Å². The predicted octanol–water partition coefficient (Wildman–Crippen LogP) is 3.24. The first kappa shape index (κ1) is 19.1. The maximum absolute atomic E-state index is 12.4. The fourth-order valence-corrected chi connectivity index (χ4v) is 4.36. The van der Waals surface area contributed by atoms with Crippen molar-refractivity contribution in [3.63, 3.8) is 0 Å². The van der Waals surface area contributed by atoms with Crippen molar-refractivity contribution in [2.75, 3.05) is 13.1 Å². The Bertz CT molecular complexity index is 792. The third-order valence-corrected chi connectivity index (χ3v) is 6.26. The minimum absolute atomic E-state index is 0.260. The Morgan fingerprint density at radius 3 is 2.38 bits per heavy atom. The van der Waals surface area contributed by atoms with Crippen LogP contribution in [0.4, 0.5) is 0 Å². The molecule has 142 valence electrons. The normalized spacial score (nSPS) is 16.5. The van der Waals surface area contributed by atoms with Gasteiger partial charge in [-0.3, -0.25) is 0 Å². The van der Waals surface area contributed by atoms with Gasteiger partial charge in [-0.15, -0.1) is 0 Å². The number of benzene rings is 1. The van der Waals surface area contributed by atoms with Crippen LogP contribution in [0.2, 0.25) is 0 Å². The van der Waals surface area contributed by atoms with Crippen molar-refractivity contribution < 1.29 is 12.8 Å². The number of hydrogen-bond acceptors (Lipinski definition) is 5. The van der Waals surface area contributed by atoms with Gasteiger partial charge in [-0.2, -0.15) is 0 Å². The standard InChI is InChI=1S/C19H27N3O3S/c1-15-22-19(14-25-15)16-8-10-18(11-9-16)26(23,24)21-13-12-20-17-6-4-2-3-5-7-17/h8-11,14,17,20-21H,2-7,12-13H2,1H3. The topological polar surface area (TPSA) is 84.2 Å². The highest BCUT2D eigenvalue weighted by Crippen LogP contribution is 2.20. The van der Waals surface area contributed by atoms with Crippen LogP contribution in [0.3, 0.4) is 0 Å². The van der Waals surface area contributed by atoms with Crippen LogP contribution in [0, 0.1) is 6.92 Å². The molecule has 0 amide bonds. The van der Waals surface area contributed by atoms with E-state index in [4.69, 9.17) is 4.42 Å². The van der Waals surface area contributed by atoms with Gasteiger partial charge in [0, 0.05) is 31.6 Å². The van der Waals surface area contributed by atoms with Crippen molar-refractivity contribution in [3.05, 3.63) is 36.4 Å². The summed E-state index contributed by atoms with van der Waals surface area (Å²) in [7, 11) is -3.50. The van der Waals surface area contributed by atoms with Gasteiger partial charge < -0.3 is 9.73 Å². The minimum atomic E-state index is -3.50. The average Bonchev–Trinajstić information content (AvgIpc) is 2.90. The Balaban J connectivity index is 1.51. The number of hydrogen-bond donors (Lipinski definition) is 2. The second-order valence-electron chi connectivity index (χ2n) is 6.82. The summed E-state index contributed by atoms with van der Waals surface area (Å²) in [6.07, 6.45) is 9.10. The fourth-order valence-electron chi connectivity index (χ4n) is 3.33. The quantitative estimate of drug-likeness (QED) is 0.572.